The third kappa shape index (κ3) is 2.97. The van der Waals surface area contributed by atoms with Gasteiger partial charge in [-0.25, -0.2) is 4.98 Å². The lowest BCUT2D eigenvalue weighted by molar-refractivity contribution is 0.615. The van der Waals surface area contributed by atoms with Crippen LogP contribution in [0.4, 0.5) is 0 Å². The molecule has 0 N–H and O–H groups in total. The molecule has 0 spiro atoms. The number of nitrogens with zero attached hydrogens (tertiary/aromatic N) is 3. The van der Waals surface area contributed by atoms with E-state index in [-0.39, 0.29) is 22.4 Å². The van der Waals surface area contributed by atoms with Crippen molar-refractivity contribution in [3.8, 4) is 11.4 Å². The summed E-state index contributed by atoms with van der Waals surface area (Å²) < 4.78 is 3.50. The van der Waals surface area contributed by atoms with Crippen LogP contribution in [0, 0.1) is 6.92 Å². The largest absolute Gasteiger partial charge is 0.328 e. The zero-order chi connectivity index (χ0) is 22.4. The predicted octanol–water partition coefficient (Wildman–Crippen LogP) is 4.83. The van der Waals surface area contributed by atoms with Crippen molar-refractivity contribution in [2.45, 2.75) is 19.9 Å². The maximum atomic E-state index is 14.0. The van der Waals surface area contributed by atoms with Crippen LogP contribution in [0.3, 0.4) is 0 Å². The Morgan fingerprint density at radius 2 is 1.50 bits per heavy atom. The van der Waals surface area contributed by atoms with Crippen molar-refractivity contribution in [2.75, 3.05) is 0 Å². The van der Waals surface area contributed by atoms with E-state index >= 15 is 0 Å². The Morgan fingerprint density at radius 1 is 0.844 bits per heavy atom. The zero-order valence-corrected chi connectivity index (χ0v) is 18.2. The van der Waals surface area contributed by atoms with E-state index in [4.69, 9.17) is 4.98 Å². The van der Waals surface area contributed by atoms with Gasteiger partial charge in [-0.2, -0.15) is 0 Å². The second kappa shape index (κ2) is 7.61. The molecule has 1 unspecified atom stereocenters. The Hall–Kier alpha value is -3.99. The van der Waals surface area contributed by atoms with Crippen LogP contribution in [0.5, 0.6) is 0 Å². The molecule has 0 amide bonds. The number of benzene rings is 3. The molecule has 158 valence electrons. The zero-order valence-electron chi connectivity index (χ0n) is 18.2. The number of rotatable bonds is 3. The lowest BCUT2D eigenvalue weighted by Gasteiger charge is -2.22. The first-order chi connectivity index (χ1) is 15.5. The molecule has 2 aromatic heterocycles. The minimum atomic E-state index is -0.323. The molecule has 5 nitrogen and oxygen atoms in total. The van der Waals surface area contributed by atoms with E-state index in [9.17, 15) is 9.59 Å². The Labute approximate surface area is 185 Å². The molecule has 2 heterocycles. The van der Waals surface area contributed by atoms with E-state index in [1.165, 1.54) is 0 Å². The Morgan fingerprint density at radius 3 is 2.25 bits per heavy atom. The summed E-state index contributed by atoms with van der Waals surface area (Å²) in [5.74, 6) is 0.558. The van der Waals surface area contributed by atoms with Gasteiger partial charge in [0, 0.05) is 18.0 Å². The molecule has 3 aromatic carbocycles. The van der Waals surface area contributed by atoms with Crippen LogP contribution in [-0.4, -0.2) is 14.1 Å². The Balaban J connectivity index is 1.98. The van der Waals surface area contributed by atoms with Crippen molar-refractivity contribution in [3.05, 3.63) is 111 Å². The second-order valence-electron chi connectivity index (χ2n) is 8.12. The summed E-state index contributed by atoms with van der Waals surface area (Å²) in [6.45, 7) is 3.97. The molecule has 0 aliphatic heterocycles. The topological polar surface area (TPSA) is 56.9 Å². The third-order valence-electron chi connectivity index (χ3n) is 6.21. The average molecular weight is 422 g/mol. The highest BCUT2D eigenvalue weighted by molar-refractivity contribution is 5.92. The maximum absolute atomic E-state index is 14.0. The first-order valence-corrected chi connectivity index (χ1v) is 10.6. The molecule has 5 rings (SSSR count). The van der Waals surface area contributed by atoms with E-state index in [2.05, 4.69) is 0 Å². The Bertz CT molecular complexity index is 1600. The van der Waals surface area contributed by atoms with E-state index in [0.717, 1.165) is 22.2 Å². The lowest BCUT2D eigenvalue weighted by Crippen LogP contribution is -2.31. The van der Waals surface area contributed by atoms with Crippen LogP contribution >= 0.6 is 0 Å². The van der Waals surface area contributed by atoms with Gasteiger partial charge in [0.2, 0.25) is 5.43 Å². The minimum Gasteiger partial charge on any atom is -0.328 e. The van der Waals surface area contributed by atoms with Crippen LogP contribution in [0.1, 0.15) is 24.1 Å². The summed E-state index contributed by atoms with van der Waals surface area (Å²) in [7, 11) is 1.85. The van der Waals surface area contributed by atoms with Gasteiger partial charge in [0.1, 0.15) is 11.2 Å². The number of hydrogen-bond acceptors (Lipinski definition) is 3. The summed E-state index contributed by atoms with van der Waals surface area (Å²) in [4.78, 5) is 32.3. The minimum absolute atomic E-state index is 0.117. The average Bonchev–Trinajstić information content (AvgIpc) is 2.82. The number of hydrogen-bond donors (Lipinski definition) is 0. The molecule has 0 saturated carbocycles. The molecular formula is C27H23N3O2. The molecule has 0 radical (unpaired) electrons. The smallest absolute Gasteiger partial charge is 0.267 e. The van der Waals surface area contributed by atoms with Crippen LogP contribution in [0.15, 0.2) is 88.5 Å². The highest BCUT2D eigenvalue weighted by Crippen LogP contribution is 2.27. The Kier molecular flexibility index (Phi) is 4.74. The van der Waals surface area contributed by atoms with Gasteiger partial charge in [0.05, 0.1) is 11.6 Å². The molecule has 0 bridgehead atoms. The third-order valence-corrected chi connectivity index (χ3v) is 6.21. The molecule has 0 aliphatic rings. The molecule has 5 heteroatoms. The van der Waals surface area contributed by atoms with Crippen LogP contribution in [0.2, 0.25) is 0 Å². The van der Waals surface area contributed by atoms with E-state index in [0.29, 0.717) is 16.9 Å². The normalized spacial score (nSPS) is 12.3. The number of pyridine rings is 1. The van der Waals surface area contributed by atoms with Crippen molar-refractivity contribution in [2.24, 2.45) is 7.05 Å². The number of para-hydroxylation sites is 1. The fraction of sp³-hybridized carbons (Fsp3) is 0.148. The van der Waals surface area contributed by atoms with Gasteiger partial charge in [-0.15, -0.1) is 0 Å². The lowest BCUT2D eigenvalue weighted by atomic mass is 10.0. The molecular weight excluding hydrogens is 398 g/mol. The van der Waals surface area contributed by atoms with Gasteiger partial charge >= 0.3 is 0 Å². The van der Waals surface area contributed by atoms with Crippen molar-refractivity contribution in [1.29, 1.82) is 0 Å². The van der Waals surface area contributed by atoms with Gasteiger partial charge in [0.25, 0.3) is 5.56 Å². The van der Waals surface area contributed by atoms with Crippen molar-refractivity contribution >= 4 is 21.9 Å². The van der Waals surface area contributed by atoms with Crippen LogP contribution in [-0.2, 0) is 7.05 Å². The number of aryl methyl sites for hydroxylation is 2. The van der Waals surface area contributed by atoms with Crippen molar-refractivity contribution in [3.63, 3.8) is 0 Å². The maximum Gasteiger partial charge on any atom is 0.267 e. The number of aromatic nitrogens is 3. The SMILES string of the molecule is Cc1ccccc1-c1nc2c(c(=O)c3ccccc3n2C)c(=O)n1C(C)c1ccccc1. The summed E-state index contributed by atoms with van der Waals surface area (Å²) in [5.41, 5.74) is 3.40. The van der Waals surface area contributed by atoms with Gasteiger partial charge in [-0.05, 0) is 37.1 Å². The molecule has 0 saturated heterocycles. The van der Waals surface area contributed by atoms with E-state index in [1.54, 1.807) is 10.6 Å². The first kappa shape index (κ1) is 19.9. The van der Waals surface area contributed by atoms with Gasteiger partial charge in [-0.1, -0.05) is 66.7 Å². The fourth-order valence-electron chi connectivity index (χ4n) is 4.42. The standard InChI is InChI=1S/C27H23N3O2/c1-17-11-7-8-14-20(17)25-28-26-23(24(31)21-15-9-10-16-22(21)29(26)3)27(32)30(25)18(2)19-12-5-4-6-13-19/h4-16,18H,1-3H3. The predicted molar refractivity (Wildman–Crippen MR) is 129 cm³/mol. The molecule has 0 fully saturated rings. The summed E-state index contributed by atoms with van der Waals surface area (Å²) in [6.07, 6.45) is 0. The molecule has 0 aliphatic carbocycles. The van der Waals surface area contributed by atoms with Crippen molar-refractivity contribution in [1.82, 2.24) is 14.1 Å². The molecule has 5 aromatic rings. The van der Waals surface area contributed by atoms with E-state index < -0.39 is 0 Å². The summed E-state index contributed by atoms with van der Waals surface area (Å²) in [6, 6.07) is 24.7. The molecule has 1 atom stereocenters. The highest BCUT2D eigenvalue weighted by Gasteiger charge is 2.23. The monoisotopic (exact) mass is 421 g/mol. The fourth-order valence-corrected chi connectivity index (χ4v) is 4.42. The second-order valence-corrected chi connectivity index (χ2v) is 8.12. The van der Waals surface area contributed by atoms with Gasteiger partial charge in [0.15, 0.2) is 5.65 Å². The molecule has 32 heavy (non-hydrogen) atoms. The van der Waals surface area contributed by atoms with Crippen LogP contribution in [0.25, 0.3) is 33.3 Å². The quantitative estimate of drug-likeness (QED) is 0.392. The van der Waals surface area contributed by atoms with E-state index in [1.807, 2.05) is 98.3 Å². The van der Waals surface area contributed by atoms with Crippen molar-refractivity contribution < 1.29 is 0 Å². The van der Waals surface area contributed by atoms with Gasteiger partial charge in [-0.3, -0.25) is 14.2 Å². The first-order valence-electron chi connectivity index (χ1n) is 10.6. The highest BCUT2D eigenvalue weighted by atomic mass is 16.1. The summed E-state index contributed by atoms with van der Waals surface area (Å²) >= 11 is 0. The van der Waals surface area contributed by atoms with Crippen LogP contribution < -0.4 is 11.0 Å². The summed E-state index contributed by atoms with van der Waals surface area (Å²) in [5, 5.41) is 0.635. The number of fused-ring (bicyclic) bond motifs is 2. The van der Waals surface area contributed by atoms with Gasteiger partial charge < -0.3 is 4.57 Å².